The molecule has 0 bridgehead atoms. The highest BCUT2D eigenvalue weighted by Crippen LogP contribution is 2.19. The first-order valence-electron chi connectivity index (χ1n) is 4.89. The van der Waals surface area contributed by atoms with Gasteiger partial charge in [-0.25, -0.2) is 0 Å². The lowest BCUT2D eigenvalue weighted by Gasteiger charge is -2.31. The molecule has 2 fully saturated rings. The Bertz CT molecular complexity index is 216. The summed E-state index contributed by atoms with van der Waals surface area (Å²) in [6.07, 6.45) is 5.50. The van der Waals surface area contributed by atoms with Crippen molar-refractivity contribution in [3.05, 3.63) is 0 Å². The second-order valence-electron chi connectivity index (χ2n) is 3.80. The Balaban J connectivity index is 2.07. The molecule has 0 aromatic carbocycles. The molecule has 2 N–H and O–H groups in total. The summed E-state index contributed by atoms with van der Waals surface area (Å²) in [4.78, 5) is 22.1. The van der Waals surface area contributed by atoms with Crippen molar-refractivity contribution in [2.75, 3.05) is 0 Å². The lowest BCUT2D eigenvalue weighted by Crippen LogP contribution is -2.61. The molecule has 1 saturated heterocycles. The molecule has 0 aromatic heterocycles. The van der Waals surface area contributed by atoms with Crippen molar-refractivity contribution in [2.45, 2.75) is 44.2 Å². The molecule has 4 nitrogen and oxygen atoms in total. The molecular weight excluding hydrogens is 168 g/mol. The third kappa shape index (κ3) is 1.66. The molecular formula is C9H14N2O2. The zero-order valence-electron chi connectivity index (χ0n) is 7.51. The molecule has 13 heavy (non-hydrogen) atoms. The van der Waals surface area contributed by atoms with Crippen LogP contribution in [0.2, 0.25) is 0 Å². The topological polar surface area (TPSA) is 58.2 Å². The maximum Gasteiger partial charge on any atom is 0.309 e. The van der Waals surface area contributed by atoms with Crippen LogP contribution in [0.3, 0.4) is 0 Å². The molecule has 0 spiro atoms. The van der Waals surface area contributed by atoms with Crippen molar-refractivity contribution in [3.63, 3.8) is 0 Å². The highest BCUT2D eigenvalue weighted by atomic mass is 16.2. The molecule has 4 heteroatoms. The quantitative estimate of drug-likeness (QED) is 0.515. The van der Waals surface area contributed by atoms with Crippen LogP contribution in [0.15, 0.2) is 0 Å². The van der Waals surface area contributed by atoms with Gasteiger partial charge in [0.05, 0.1) is 0 Å². The van der Waals surface area contributed by atoms with E-state index in [1.807, 2.05) is 0 Å². The number of carbonyl (C=O) groups excluding carboxylic acids is 2. The second-order valence-corrected chi connectivity index (χ2v) is 3.80. The average molecular weight is 182 g/mol. The minimum atomic E-state index is -0.469. The van der Waals surface area contributed by atoms with Gasteiger partial charge in [-0.1, -0.05) is 19.3 Å². The Labute approximate surface area is 77.1 Å². The van der Waals surface area contributed by atoms with E-state index in [0.717, 1.165) is 25.7 Å². The Kier molecular flexibility index (Phi) is 2.20. The highest BCUT2D eigenvalue weighted by Gasteiger charge is 2.33. The molecule has 0 aromatic rings. The summed E-state index contributed by atoms with van der Waals surface area (Å²) in [5, 5.41) is 5.51. The Morgan fingerprint density at radius 3 is 1.77 bits per heavy atom. The van der Waals surface area contributed by atoms with Gasteiger partial charge in [0.15, 0.2) is 0 Å². The fourth-order valence-corrected chi connectivity index (χ4v) is 2.12. The number of nitrogens with one attached hydrogen (secondary N) is 2. The maximum absolute atomic E-state index is 11.0. The molecule has 2 rings (SSSR count). The summed E-state index contributed by atoms with van der Waals surface area (Å²) in [6, 6.07) is 0.348. The van der Waals surface area contributed by atoms with Gasteiger partial charge in [-0.2, -0.15) is 0 Å². The number of rotatable bonds is 0. The summed E-state index contributed by atoms with van der Waals surface area (Å²) in [5.74, 6) is -0.939. The Morgan fingerprint density at radius 1 is 0.846 bits per heavy atom. The van der Waals surface area contributed by atoms with Crippen molar-refractivity contribution in [2.24, 2.45) is 0 Å². The number of hydrogen-bond donors (Lipinski definition) is 2. The first-order chi connectivity index (χ1) is 6.27. The van der Waals surface area contributed by atoms with Crippen molar-refractivity contribution < 1.29 is 9.59 Å². The molecule has 0 radical (unpaired) electrons. The van der Waals surface area contributed by atoms with Gasteiger partial charge in [-0.15, -0.1) is 0 Å². The molecule has 2 atom stereocenters. The average Bonchev–Trinajstić information content (AvgIpc) is 2.31. The molecule has 72 valence electrons. The van der Waals surface area contributed by atoms with Crippen LogP contribution in [0, 0.1) is 0 Å². The van der Waals surface area contributed by atoms with E-state index in [0.29, 0.717) is 0 Å². The smallest absolute Gasteiger partial charge is 0.309 e. The van der Waals surface area contributed by atoms with Gasteiger partial charge in [0.2, 0.25) is 0 Å². The lowest BCUT2D eigenvalue weighted by molar-refractivity contribution is -0.142. The number of fused-ring (bicyclic) bond motifs is 1. The molecule has 1 unspecified atom stereocenters. The van der Waals surface area contributed by atoms with Crippen molar-refractivity contribution in [1.29, 1.82) is 0 Å². The van der Waals surface area contributed by atoms with Crippen molar-refractivity contribution >= 4 is 11.8 Å². The summed E-state index contributed by atoms with van der Waals surface area (Å²) in [7, 11) is 0. The third-order valence-corrected chi connectivity index (χ3v) is 2.86. The van der Waals surface area contributed by atoms with Crippen LogP contribution in [0.5, 0.6) is 0 Å². The molecule has 1 aliphatic carbocycles. The van der Waals surface area contributed by atoms with E-state index < -0.39 is 11.8 Å². The van der Waals surface area contributed by atoms with Crippen molar-refractivity contribution in [1.82, 2.24) is 10.6 Å². The van der Waals surface area contributed by atoms with Crippen LogP contribution >= 0.6 is 0 Å². The largest absolute Gasteiger partial charge is 0.343 e. The van der Waals surface area contributed by atoms with E-state index in [1.165, 1.54) is 6.42 Å². The third-order valence-electron chi connectivity index (χ3n) is 2.86. The minimum Gasteiger partial charge on any atom is -0.343 e. The first-order valence-corrected chi connectivity index (χ1v) is 4.89. The number of hydrogen-bond acceptors (Lipinski definition) is 2. The van der Waals surface area contributed by atoms with Crippen LogP contribution in [-0.4, -0.2) is 23.9 Å². The number of carbonyl (C=O) groups is 2. The van der Waals surface area contributed by atoms with E-state index in [1.54, 1.807) is 0 Å². The zero-order chi connectivity index (χ0) is 9.26. The lowest BCUT2D eigenvalue weighted by atomic mass is 10.0. The number of piperazine rings is 1. The molecule has 2 aliphatic rings. The number of amides is 2. The van der Waals surface area contributed by atoms with Gasteiger partial charge in [0.25, 0.3) is 0 Å². The molecule has 1 aliphatic heterocycles. The van der Waals surface area contributed by atoms with Gasteiger partial charge < -0.3 is 10.6 Å². The van der Waals surface area contributed by atoms with E-state index in [2.05, 4.69) is 10.6 Å². The van der Waals surface area contributed by atoms with E-state index in [9.17, 15) is 9.59 Å². The van der Waals surface area contributed by atoms with Crippen LogP contribution in [0.25, 0.3) is 0 Å². The van der Waals surface area contributed by atoms with Crippen LogP contribution in [0.4, 0.5) is 0 Å². The monoisotopic (exact) mass is 182 g/mol. The van der Waals surface area contributed by atoms with Gasteiger partial charge in [-0.3, -0.25) is 9.59 Å². The molecule has 1 saturated carbocycles. The predicted octanol–water partition coefficient (Wildman–Crippen LogP) is -0.0663. The fourth-order valence-electron chi connectivity index (χ4n) is 2.12. The van der Waals surface area contributed by atoms with Gasteiger partial charge in [0.1, 0.15) is 0 Å². The highest BCUT2D eigenvalue weighted by molar-refractivity contribution is 6.35. The molecule has 2 amide bonds. The van der Waals surface area contributed by atoms with Crippen LogP contribution in [-0.2, 0) is 9.59 Å². The van der Waals surface area contributed by atoms with Gasteiger partial charge in [-0.05, 0) is 12.8 Å². The standard InChI is InChI=1S/C9H14N2O2/c12-8-9(13)11-7-5-3-1-2-4-6(7)10-8/h6-7H,1-5H2,(H,10,12)(H,11,13)/t6-,7?/m1/s1. The van der Waals surface area contributed by atoms with Crippen molar-refractivity contribution in [3.8, 4) is 0 Å². The van der Waals surface area contributed by atoms with Gasteiger partial charge in [0, 0.05) is 12.1 Å². The predicted molar refractivity (Wildman–Crippen MR) is 46.9 cm³/mol. The zero-order valence-corrected chi connectivity index (χ0v) is 7.51. The second kappa shape index (κ2) is 3.36. The van der Waals surface area contributed by atoms with Gasteiger partial charge >= 0.3 is 11.8 Å². The Morgan fingerprint density at radius 2 is 1.31 bits per heavy atom. The maximum atomic E-state index is 11.0. The fraction of sp³-hybridized carbons (Fsp3) is 0.778. The summed E-state index contributed by atoms with van der Waals surface area (Å²) in [6.45, 7) is 0. The molecule has 1 heterocycles. The van der Waals surface area contributed by atoms with E-state index in [-0.39, 0.29) is 12.1 Å². The minimum absolute atomic E-state index is 0.174. The van der Waals surface area contributed by atoms with Crippen LogP contribution in [0.1, 0.15) is 32.1 Å². The summed E-state index contributed by atoms with van der Waals surface area (Å²) in [5.41, 5.74) is 0. The van der Waals surface area contributed by atoms with E-state index >= 15 is 0 Å². The Hall–Kier alpha value is -1.06. The van der Waals surface area contributed by atoms with E-state index in [4.69, 9.17) is 0 Å². The van der Waals surface area contributed by atoms with Crippen LogP contribution < -0.4 is 10.6 Å². The first kappa shape index (κ1) is 8.53. The summed E-state index contributed by atoms with van der Waals surface area (Å²) < 4.78 is 0. The normalized spacial score (nSPS) is 34.2. The summed E-state index contributed by atoms with van der Waals surface area (Å²) >= 11 is 0. The SMILES string of the molecule is O=C1NC2CCCCC[C@H]2NC1=O.